The number of amides is 1. The van der Waals surface area contributed by atoms with E-state index >= 15 is 0 Å². The van der Waals surface area contributed by atoms with Crippen molar-refractivity contribution in [3.63, 3.8) is 0 Å². The molecule has 306 valence electrons. The minimum Gasteiger partial charge on any atom is -0.460 e. The number of alkyl carbamates (subject to hydrolysis) is 1. The van der Waals surface area contributed by atoms with E-state index in [0.29, 0.717) is 152 Å². The van der Waals surface area contributed by atoms with Crippen molar-refractivity contribution in [3.8, 4) is 0 Å². The minimum atomic E-state index is -0.533. The zero-order valence-corrected chi connectivity index (χ0v) is 32.6. The lowest BCUT2D eigenvalue weighted by atomic mass is 10.2. The van der Waals surface area contributed by atoms with Gasteiger partial charge >= 0.3 is 12.1 Å². The van der Waals surface area contributed by atoms with Crippen LogP contribution < -0.4 is 5.32 Å². The number of rotatable bonds is 36. The number of nitrogens with zero attached hydrogens (tertiary/aromatic N) is 4. The molecule has 0 aromatic heterocycles. The van der Waals surface area contributed by atoms with Crippen LogP contribution in [0.2, 0.25) is 0 Å². The third-order valence-electron chi connectivity index (χ3n) is 6.07. The summed E-state index contributed by atoms with van der Waals surface area (Å²) in [5.74, 6) is -0.281. The Balaban J connectivity index is 4.07. The summed E-state index contributed by atoms with van der Waals surface area (Å²) in [6.45, 7) is 21.5. The number of ether oxygens (including phenoxy) is 11. The van der Waals surface area contributed by atoms with E-state index in [1.54, 1.807) is 0 Å². The first-order chi connectivity index (χ1) is 24.9. The normalized spacial score (nSPS) is 11.8. The molecule has 18 nitrogen and oxygen atoms in total. The van der Waals surface area contributed by atoms with Gasteiger partial charge in [-0.25, -0.2) is 4.79 Å². The highest BCUT2D eigenvalue weighted by atomic mass is 16.6. The summed E-state index contributed by atoms with van der Waals surface area (Å²) in [6.07, 6.45) is -0.258. The Morgan fingerprint density at radius 1 is 0.538 bits per heavy atom. The van der Waals surface area contributed by atoms with Gasteiger partial charge in [-0.15, -0.1) is 0 Å². The van der Waals surface area contributed by atoms with Gasteiger partial charge in [0.25, 0.3) is 0 Å². The standard InChI is InChI=1S/C34H67N5O13/c1-33(2,3)51-31(40)7-13-42-19-25-48-28-22-45-16-10-39(12-18-47-24-30-50-27-21-44-15-9-37-38-35)11-17-46-23-29-49-26-20-43-14-8-36-32(41)52-34(4,5)6/h7-30H2,1-6H3,(H,36,41). The Labute approximate surface area is 310 Å². The van der Waals surface area contributed by atoms with Crippen LogP contribution in [0.3, 0.4) is 0 Å². The Kier molecular flexibility index (Phi) is 32.9. The van der Waals surface area contributed by atoms with Crippen LogP contribution in [0.25, 0.3) is 10.4 Å². The molecule has 0 rings (SSSR count). The van der Waals surface area contributed by atoms with Crippen molar-refractivity contribution in [2.75, 3.05) is 152 Å². The third kappa shape index (κ3) is 40.4. The number of hydrogen-bond donors (Lipinski definition) is 1. The average Bonchev–Trinajstić information content (AvgIpc) is 3.06. The largest absolute Gasteiger partial charge is 0.460 e. The Morgan fingerprint density at radius 3 is 1.31 bits per heavy atom. The Morgan fingerprint density at radius 2 is 0.904 bits per heavy atom. The maximum Gasteiger partial charge on any atom is 0.407 e. The summed E-state index contributed by atoms with van der Waals surface area (Å²) in [6, 6.07) is 0. The van der Waals surface area contributed by atoms with Crippen molar-refractivity contribution >= 4 is 12.1 Å². The van der Waals surface area contributed by atoms with Gasteiger partial charge in [0.05, 0.1) is 125 Å². The molecule has 0 heterocycles. The van der Waals surface area contributed by atoms with E-state index in [9.17, 15) is 9.59 Å². The zero-order valence-electron chi connectivity index (χ0n) is 32.6. The molecule has 0 bridgehead atoms. The summed E-state index contributed by atoms with van der Waals surface area (Å²) in [5.41, 5.74) is 7.21. The van der Waals surface area contributed by atoms with Crippen LogP contribution >= 0.6 is 0 Å². The van der Waals surface area contributed by atoms with E-state index in [4.69, 9.17) is 57.6 Å². The molecule has 0 aliphatic carbocycles. The molecule has 52 heavy (non-hydrogen) atoms. The first-order valence-electron chi connectivity index (χ1n) is 18.0. The molecule has 0 fully saturated rings. The van der Waals surface area contributed by atoms with E-state index < -0.39 is 17.3 Å². The van der Waals surface area contributed by atoms with Crippen molar-refractivity contribution < 1.29 is 61.7 Å². The van der Waals surface area contributed by atoms with Crippen molar-refractivity contribution in [3.05, 3.63) is 10.4 Å². The fourth-order valence-electron chi connectivity index (χ4n) is 3.78. The first-order valence-corrected chi connectivity index (χ1v) is 18.0. The highest BCUT2D eigenvalue weighted by molar-refractivity contribution is 5.69. The van der Waals surface area contributed by atoms with Gasteiger partial charge in [0, 0.05) is 37.6 Å². The Bertz CT molecular complexity index is 900. The number of hydrogen-bond acceptors (Lipinski definition) is 15. The third-order valence-corrected chi connectivity index (χ3v) is 6.07. The maximum atomic E-state index is 11.7. The topological polar surface area (TPSA) is 200 Å². The predicted molar refractivity (Wildman–Crippen MR) is 193 cm³/mol. The number of nitrogens with one attached hydrogen (secondary N) is 1. The van der Waals surface area contributed by atoms with Gasteiger partial charge in [0.1, 0.15) is 11.2 Å². The lowest BCUT2D eigenvalue weighted by Gasteiger charge is -2.22. The molecule has 0 aliphatic heterocycles. The lowest BCUT2D eigenvalue weighted by Crippen LogP contribution is -2.34. The second-order valence-electron chi connectivity index (χ2n) is 13.1. The van der Waals surface area contributed by atoms with Crippen LogP contribution in [0.1, 0.15) is 48.0 Å². The smallest absolute Gasteiger partial charge is 0.407 e. The monoisotopic (exact) mass is 753 g/mol. The van der Waals surface area contributed by atoms with Gasteiger partial charge in [0.2, 0.25) is 0 Å². The lowest BCUT2D eigenvalue weighted by molar-refractivity contribution is -0.156. The molecule has 0 spiro atoms. The van der Waals surface area contributed by atoms with Gasteiger partial charge in [-0.3, -0.25) is 9.69 Å². The van der Waals surface area contributed by atoms with E-state index in [1.807, 2.05) is 41.5 Å². The van der Waals surface area contributed by atoms with Gasteiger partial charge in [-0.1, -0.05) is 5.11 Å². The quantitative estimate of drug-likeness (QED) is 0.0322. The highest BCUT2D eigenvalue weighted by Gasteiger charge is 2.16. The van der Waals surface area contributed by atoms with Crippen molar-refractivity contribution in [1.82, 2.24) is 10.2 Å². The van der Waals surface area contributed by atoms with E-state index in [1.165, 1.54) is 0 Å². The summed E-state index contributed by atoms with van der Waals surface area (Å²) in [5, 5.41) is 6.04. The van der Waals surface area contributed by atoms with E-state index in [-0.39, 0.29) is 12.4 Å². The molecular weight excluding hydrogens is 686 g/mol. The van der Waals surface area contributed by atoms with Gasteiger partial charge in [-0.2, -0.15) is 0 Å². The molecule has 0 aromatic carbocycles. The maximum absolute atomic E-state index is 11.7. The van der Waals surface area contributed by atoms with Gasteiger partial charge in [-0.05, 0) is 47.1 Å². The zero-order chi connectivity index (χ0) is 38.6. The number of carbonyl (C=O) groups is 2. The molecule has 1 amide bonds. The fraction of sp³-hybridized carbons (Fsp3) is 0.941. The summed E-state index contributed by atoms with van der Waals surface area (Å²) in [7, 11) is 0. The van der Waals surface area contributed by atoms with Gasteiger partial charge in [0.15, 0.2) is 0 Å². The summed E-state index contributed by atoms with van der Waals surface area (Å²) in [4.78, 5) is 28.2. The minimum absolute atomic E-state index is 0.209. The molecule has 18 heteroatoms. The second kappa shape index (κ2) is 34.4. The first kappa shape index (κ1) is 49.6. The predicted octanol–water partition coefficient (Wildman–Crippen LogP) is 3.00. The summed E-state index contributed by atoms with van der Waals surface area (Å²) < 4.78 is 60.4. The molecule has 0 unspecified atom stereocenters. The molecule has 0 atom stereocenters. The SMILES string of the molecule is CC(C)(C)OC(=O)CCOCCOCCOCCN(CCOCCOCCOCCN=[N+]=[N-])CCOCCOCCOCCNC(=O)OC(C)(C)C. The van der Waals surface area contributed by atoms with Crippen molar-refractivity contribution in [2.45, 2.75) is 59.2 Å². The number of esters is 1. The molecule has 0 saturated carbocycles. The molecule has 0 aliphatic rings. The average molecular weight is 754 g/mol. The van der Waals surface area contributed by atoms with Crippen LogP contribution in [-0.4, -0.2) is 180 Å². The molecule has 1 N–H and O–H groups in total. The van der Waals surface area contributed by atoms with Crippen LogP contribution in [0.5, 0.6) is 0 Å². The Hall–Kier alpha value is -2.35. The van der Waals surface area contributed by atoms with Crippen molar-refractivity contribution in [2.24, 2.45) is 5.11 Å². The molecule has 0 aromatic rings. The number of carbonyl (C=O) groups excluding carboxylic acids is 2. The molecule has 0 saturated heterocycles. The van der Waals surface area contributed by atoms with E-state index in [0.717, 1.165) is 0 Å². The van der Waals surface area contributed by atoms with Gasteiger partial charge < -0.3 is 57.4 Å². The molecular formula is C34H67N5O13. The highest BCUT2D eigenvalue weighted by Crippen LogP contribution is 2.08. The van der Waals surface area contributed by atoms with Crippen LogP contribution in [-0.2, 0) is 56.9 Å². The fourth-order valence-corrected chi connectivity index (χ4v) is 3.78. The van der Waals surface area contributed by atoms with Crippen LogP contribution in [0.4, 0.5) is 4.79 Å². The second-order valence-corrected chi connectivity index (χ2v) is 13.1. The van der Waals surface area contributed by atoms with Crippen LogP contribution in [0.15, 0.2) is 5.11 Å². The summed E-state index contributed by atoms with van der Waals surface area (Å²) >= 11 is 0. The van der Waals surface area contributed by atoms with Crippen LogP contribution in [0, 0.1) is 0 Å². The van der Waals surface area contributed by atoms with Crippen molar-refractivity contribution in [1.29, 1.82) is 0 Å². The molecule has 0 radical (unpaired) electrons. The van der Waals surface area contributed by atoms with E-state index in [2.05, 4.69) is 20.2 Å². The number of azide groups is 1.